The molecular weight excluding hydrogens is 307 g/mol. The van der Waals surface area contributed by atoms with E-state index in [-0.39, 0.29) is 11.7 Å². The summed E-state index contributed by atoms with van der Waals surface area (Å²) >= 11 is 0. The molecule has 0 radical (unpaired) electrons. The van der Waals surface area contributed by atoms with Crippen LogP contribution < -0.4 is 4.74 Å². The van der Waals surface area contributed by atoms with Crippen LogP contribution >= 0.6 is 0 Å². The Morgan fingerprint density at radius 2 is 1.71 bits per heavy atom. The highest BCUT2D eigenvalue weighted by Crippen LogP contribution is 2.08. The summed E-state index contributed by atoms with van der Waals surface area (Å²) in [4.78, 5) is 15.8. The van der Waals surface area contributed by atoms with Gasteiger partial charge in [0.15, 0.2) is 0 Å². The predicted molar refractivity (Wildman–Crippen MR) is 92.3 cm³/mol. The lowest BCUT2D eigenvalue weighted by Crippen LogP contribution is -2.37. The maximum atomic E-state index is 12.9. The zero-order valence-corrected chi connectivity index (χ0v) is 14.1. The van der Waals surface area contributed by atoms with Crippen LogP contribution in [-0.4, -0.2) is 49.5 Å². The van der Waals surface area contributed by atoms with Gasteiger partial charge >= 0.3 is 0 Å². The lowest BCUT2D eigenvalue weighted by atomic mass is 10.2. The second kappa shape index (κ2) is 9.03. The number of carbonyl (C=O) groups excluding carboxylic acids is 1. The van der Waals surface area contributed by atoms with E-state index in [1.807, 2.05) is 42.3 Å². The second-order valence-corrected chi connectivity index (χ2v) is 5.78. The quantitative estimate of drug-likeness (QED) is 0.746. The van der Waals surface area contributed by atoms with E-state index >= 15 is 0 Å². The molecule has 0 aliphatic rings. The van der Waals surface area contributed by atoms with Crippen molar-refractivity contribution < 1.29 is 13.9 Å². The van der Waals surface area contributed by atoms with E-state index in [1.54, 1.807) is 24.1 Å². The van der Waals surface area contributed by atoms with Crippen LogP contribution in [0.2, 0.25) is 0 Å². The number of likely N-dealkylation sites (N-methyl/N-ethyl adjacent to an activating group) is 2. The lowest BCUT2D eigenvalue weighted by molar-refractivity contribution is -0.131. The Balaban J connectivity index is 1.71. The molecule has 24 heavy (non-hydrogen) atoms. The average Bonchev–Trinajstić information content (AvgIpc) is 2.58. The van der Waals surface area contributed by atoms with Gasteiger partial charge in [0, 0.05) is 20.1 Å². The molecule has 0 saturated heterocycles. The molecule has 0 N–H and O–H groups in total. The average molecular weight is 330 g/mol. The lowest BCUT2D eigenvalue weighted by Gasteiger charge is -2.22. The fraction of sp³-hybridized carbons (Fsp3) is 0.316. The molecule has 128 valence electrons. The van der Waals surface area contributed by atoms with Crippen molar-refractivity contribution in [2.24, 2.45) is 0 Å². The molecule has 2 aromatic rings. The highest BCUT2D eigenvalue weighted by atomic mass is 19.1. The zero-order valence-electron chi connectivity index (χ0n) is 14.1. The van der Waals surface area contributed by atoms with E-state index in [4.69, 9.17) is 4.74 Å². The smallest absolute Gasteiger partial charge is 0.236 e. The van der Waals surface area contributed by atoms with E-state index in [9.17, 15) is 9.18 Å². The van der Waals surface area contributed by atoms with Crippen LogP contribution in [0.5, 0.6) is 5.75 Å². The van der Waals surface area contributed by atoms with Crippen LogP contribution in [0.4, 0.5) is 4.39 Å². The number of amides is 1. The molecule has 0 atom stereocenters. The van der Waals surface area contributed by atoms with Crippen molar-refractivity contribution in [3.8, 4) is 5.75 Å². The van der Waals surface area contributed by atoms with E-state index in [2.05, 4.69) is 0 Å². The molecule has 1 amide bonds. The molecular formula is C19H23FN2O2. The summed E-state index contributed by atoms with van der Waals surface area (Å²) in [6.07, 6.45) is 0. The van der Waals surface area contributed by atoms with Crippen molar-refractivity contribution in [2.75, 3.05) is 33.8 Å². The van der Waals surface area contributed by atoms with Crippen molar-refractivity contribution in [1.82, 2.24) is 9.80 Å². The van der Waals surface area contributed by atoms with Crippen LogP contribution in [0.15, 0.2) is 54.6 Å². The van der Waals surface area contributed by atoms with E-state index < -0.39 is 0 Å². The van der Waals surface area contributed by atoms with Crippen molar-refractivity contribution >= 4 is 5.91 Å². The maximum absolute atomic E-state index is 12.9. The molecule has 0 bridgehead atoms. The van der Waals surface area contributed by atoms with Crippen molar-refractivity contribution in [3.05, 3.63) is 66.0 Å². The molecule has 0 aliphatic carbocycles. The van der Waals surface area contributed by atoms with Gasteiger partial charge in [-0.15, -0.1) is 0 Å². The summed E-state index contributed by atoms with van der Waals surface area (Å²) in [5, 5.41) is 0. The molecule has 0 unspecified atom stereocenters. The maximum Gasteiger partial charge on any atom is 0.236 e. The van der Waals surface area contributed by atoms with Gasteiger partial charge in [-0.3, -0.25) is 9.69 Å². The van der Waals surface area contributed by atoms with Crippen molar-refractivity contribution in [2.45, 2.75) is 6.54 Å². The molecule has 5 heteroatoms. The number of benzene rings is 2. The molecule has 0 fully saturated rings. The van der Waals surface area contributed by atoms with Gasteiger partial charge in [-0.25, -0.2) is 4.39 Å². The van der Waals surface area contributed by atoms with Gasteiger partial charge in [-0.05, 0) is 36.9 Å². The predicted octanol–water partition coefficient (Wildman–Crippen LogP) is 2.79. The molecule has 0 spiro atoms. The van der Waals surface area contributed by atoms with Gasteiger partial charge in [0.1, 0.15) is 18.2 Å². The number of halogens is 1. The first-order valence-electron chi connectivity index (χ1n) is 7.89. The Bertz CT molecular complexity index is 632. The second-order valence-electron chi connectivity index (χ2n) is 5.78. The standard InChI is InChI=1S/C19H23FN2O2/c1-21(12-13-24-18-6-4-3-5-7-18)15-19(23)22(2)14-16-8-10-17(20)11-9-16/h3-11H,12-15H2,1-2H3. The number of para-hydroxylation sites is 1. The number of ether oxygens (including phenoxy) is 1. The monoisotopic (exact) mass is 330 g/mol. The van der Waals surface area contributed by atoms with Crippen molar-refractivity contribution in [3.63, 3.8) is 0 Å². The van der Waals surface area contributed by atoms with Gasteiger partial charge < -0.3 is 9.64 Å². The van der Waals surface area contributed by atoms with Gasteiger partial charge in [0.25, 0.3) is 0 Å². The fourth-order valence-electron chi connectivity index (χ4n) is 2.22. The summed E-state index contributed by atoms with van der Waals surface area (Å²) < 4.78 is 18.5. The molecule has 0 aliphatic heterocycles. The zero-order chi connectivity index (χ0) is 17.4. The Hall–Kier alpha value is -2.40. The third-order valence-electron chi connectivity index (χ3n) is 3.65. The normalized spacial score (nSPS) is 10.7. The highest BCUT2D eigenvalue weighted by Gasteiger charge is 2.12. The number of hydrogen-bond donors (Lipinski definition) is 0. The summed E-state index contributed by atoms with van der Waals surface area (Å²) in [7, 11) is 3.64. The van der Waals surface area contributed by atoms with Crippen LogP contribution in [0, 0.1) is 5.82 Å². The SMILES string of the molecule is CN(CCOc1ccccc1)CC(=O)N(C)Cc1ccc(F)cc1. The minimum Gasteiger partial charge on any atom is -0.492 e. The van der Waals surface area contributed by atoms with E-state index in [0.29, 0.717) is 26.2 Å². The third-order valence-corrected chi connectivity index (χ3v) is 3.65. The minimum atomic E-state index is -0.272. The molecule has 0 saturated carbocycles. The Labute approximate surface area is 142 Å². The summed E-state index contributed by atoms with van der Waals surface area (Å²) in [6.45, 7) is 1.96. The first kappa shape index (κ1) is 17.9. The van der Waals surface area contributed by atoms with E-state index in [0.717, 1.165) is 11.3 Å². The molecule has 2 rings (SSSR count). The fourth-order valence-corrected chi connectivity index (χ4v) is 2.22. The number of carbonyl (C=O) groups is 1. The Morgan fingerprint density at radius 1 is 1.04 bits per heavy atom. The van der Waals surface area contributed by atoms with Gasteiger partial charge in [-0.1, -0.05) is 30.3 Å². The van der Waals surface area contributed by atoms with Gasteiger partial charge in [0.05, 0.1) is 6.54 Å². The van der Waals surface area contributed by atoms with Crippen LogP contribution in [-0.2, 0) is 11.3 Å². The minimum absolute atomic E-state index is 0.0153. The first-order valence-corrected chi connectivity index (χ1v) is 7.89. The molecule has 0 heterocycles. The topological polar surface area (TPSA) is 32.8 Å². The third kappa shape index (κ3) is 6.01. The summed E-state index contributed by atoms with van der Waals surface area (Å²) in [6, 6.07) is 15.8. The molecule has 0 aromatic heterocycles. The largest absolute Gasteiger partial charge is 0.492 e. The molecule has 4 nitrogen and oxygen atoms in total. The molecule has 2 aromatic carbocycles. The highest BCUT2D eigenvalue weighted by molar-refractivity contribution is 5.77. The summed E-state index contributed by atoms with van der Waals surface area (Å²) in [5.41, 5.74) is 0.905. The number of hydrogen-bond acceptors (Lipinski definition) is 3. The van der Waals surface area contributed by atoms with Crippen LogP contribution in [0.3, 0.4) is 0 Å². The number of nitrogens with zero attached hydrogens (tertiary/aromatic N) is 2. The van der Waals surface area contributed by atoms with Crippen LogP contribution in [0.1, 0.15) is 5.56 Å². The Morgan fingerprint density at radius 3 is 2.38 bits per heavy atom. The van der Waals surface area contributed by atoms with Crippen LogP contribution in [0.25, 0.3) is 0 Å². The van der Waals surface area contributed by atoms with Gasteiger partial charge in [0.2, 0.25) is 5.91 Å². The summed E-state index contributed by atoms with van der Waals surface area (Å²) in [5.74, 6) is 0.568. The number of rotatable bonds is 8. The Kier molecular flexibility index (Phi) is 6.75. The first-order chi connectivity index (χ1) is 11.5. The van der Waals surface area contributed by atoms with Crippen molar-refractivity contribution in [1.29, 1.82) is 0 Å². The van der Waals surface area contributed by atoms with E-state index in [1.165, 1.54) is 12.1 Å². The van der Waals surface area contributed by atoms with Gasteiger partial charge in [-0.2, -0.15) is 0 Å².